The number of thiophene rings is 1. The average molecular weight is 629 g/mol. The molecule has 0 amide bonds. The van der Waals surface area contributed by atoms with Crippen molar-refractivity contribution in [2.75, 3.05) is 0 Å². The summed E-state index contributed by atoms with van der Waals surface area (Å²) < 4.78 is 9.03. The molecule has 1 aliphatic carbocycles. The van der Waals surface area contributed by atoms with Gasteiger partial charge in [-0.1, -0.05) is 121 Å². The maximum absolute atomic E-state index is 6.72. The average Bonchev–Trinajstić information content (AvgIpc) is 3.82. The molecule has 7 aromatic carbocycles. The molecule has 0 N–H and O–H groups in total. The Balaban J connectivity index is 1.11. The standard InChI is InChI=1S/C44H24N2OS/c1-2-9-25(10-3-1)26-17-19-27(20-18-26)40-43-41(33-13-6-7-16-38(33)48-43)46-44(45-40)28-21-22-31-36-24-35-30-12-5-4-11-29(30)32-14-8-15-34(39(32)35)42(36)47-37(31)23-28/h1-24H. The largest absolute Gasteiger partial charge is 0.455 e. The molecule has 0 bridgehead atoms. The van der Waals surface area contributed by atoms with Crippen LogP contribution in [0.2, 0.25) is 0 Å². The molecule has 0 saturated carbocycles. The molecule has 0 fully saturated rings. The summed E-state index contributed by atoms with van der Waals surface area (Å²) in [5.74, 6) is 0.693. The van der Waals surface area contributed by atoms with Crippen molar-refractivity contribution in [3.8, 4) is 56.0 Å². The summed E-state index contributed by atoms with van der Waals surface area (Å²) in [4.78, 5) is 10.5. The molecule has 0 spiro atoms. The Morgan fingerprint density at radius 2 is 1.15 bits per heavy atom. The van der Waals surface area contributed by atoms with E-state index in [1.54, 1.807) is 11.3 Å². The molecule has 0 aliphatic heterocycles. The van der Waals surface area contributed by atoms with Gasteiger partial charge in [0.15, 0.2) is 5.82 Å². The van der Waals surface area contributed by atoms with Crippen LogP contribution in [0.3, 0.4) is 0 Å². The van der Waals surface area contributed by atoms with Crippen molar-refractivity contribution in [2.24, 2.45) is 0 Å². The predicted octanol–water partition coefficient (Wildman–Crippen LogP) is 12.5. The number of aromatic nitrogens is 2. The van der Waals surface area contributed by atoms with Crippen LogP contribution in [0.1, 0.15) is 0 Å². The number of benzene rings is 7. The van der Waals surface area contributed by atoms with Gasteiger partial charge in [-0.15, -0.1) is 11.3 Å². The summed E-state index contributed by atoms with van der Waals surface area (Å²) in [6, 6.07) is 51.7. The fraction of sp³-hybridized carbons (Fsp3) is 0. The van der Waals surface area contributed by atoms with Crippen LogP contribution in [0.4, 0.5) is 0 Å². The zero-order valence-electron chi connectivity index (χ0n) is 25.6. The second-order valence-electron chi connectivity index (χ2n) is 12.5. The molecule has 0 radical (unpaired) electrons. The Hall–Kier alpha value is -6.10. The minimum absolute atomic E-state index is 0.693. The van der Waals surface area contributed by atoms with Crippen molar-refractivity contribution in [1.82, 2.24) is 9.97 Å². The Bertz CT molecular complexity index is 2940. The molecule has 48 heavy (non-hydrogen) atoms. The number of rotatable bonds is 3. The highest BCUT2D eigenvalue weighted by Crippen LogP contribution is 2.50. The molecule has 10 aromatic rings. The maximum atomic E-state index is 6.72. The number of fused-ring (bicyclic) bond motifs is 10. The third-order valence-corrected chi connectivity index (χ3v) is 11.0. The van der Waals surface area contributed by atoms with Gasteiger partial charge < -0.3 is 4.42 Å². The van der Waals surface area contributed by atoms with Crippen LogP contribution in [0.25, 0.3) is 109 Å². The first kappa shape index (κ1) is 26.0. The maximum Gasteiger partial charge on any atom is 0.160 e. The van der Waals surface area contributed by atoms with Gasteiger partial charge in [-0.25, -0.2) is 9.97 Å². The number of hydrogen-bond acceptors (Lipinski definition) is 4. The van der Waals surface area contributed by atoms with Crippen molar-refractivity contribution < 1.29 is 4.42 Å². The number of hydrogen-bond donors (Lipinski definition) is 0. The summed E-state index contributed by atoms with van der Waals surface area (Å²) in [5, 5.41) is 5.80. The summed E-state index contributed by atoms with van der Waals surface area (Å²) in [6.07, 6.45) is 0. The molecule has 1 aliphatic rings. The van der Waals surface area contributed by atoms with Gasteiger partial charge >= 0.3 is 0 Å². The van der Waals surface area contributed by atoms with E-state index in [2.05, 4.69) is 140 Å². The van der Waals surface area contributed by atoms with Crippen LogP contribution in [0, 0.1) is 0 Å². The SMILES string of the molecule is c1ccc(-c2ccc(-c3nc(-c4ccc5c(c4)oc4c6cccc7c6c(cc54)-c4ccccc4-7)nc4c3sc3ccccc34)cc2)cc1. The molecule has 0 saturated heterocycles. The van der Waals surface area contributed by atoms with Crippen molar-refractivity contribution in [1.29, 1.82) is 0 Å². The molecule has 11 rings (SSSR count). The topological polar surface area (TPSA) is 38.9 Å². The van der Waals surface area contributed by atoms with Gasteiger partial charge in [0.25, 0.3) is 0 Å². The first-order chi connectivity index (χ1) is 23.8. The van der Waals surface area contributed by atoms with Crippen molar-refractivity contribution >= 4 is 64.4 Å². The fourth-order valence-corrected chi connectivity index (χ4v) is 8.76. The van der Waals surface area contributed by atoms with E-state index in [0.717, 1.165) is 59.7 Å². The molecule has 3 nitrogen and oxygen atoms in total. The van der Waals surface area contributed by atoms with E-state index >= 15 is 0 Å². The number of nitrogens with zero attached hydrogens (tertiary/aromatic N) is 2. The predicted molar refractivity (Wildman–Crippen MR) is 200 cm³/mol. The molecule has 3 heterocycles. The fourth-order valence-electron chi connectivity index (χ4n) is 7.60. The molecule has 222 valence electrons. The van der Waals surface area contributed by atoms with E-state index in [4.69, 9.17) is 14.4 Å². The van der Waals surface area contributed by atoms with E-state index in [9.17, 15) is 0 Å². The Morgan fingerprint density at radius 3 is 2.02 bits per heavy atom. The summed E-state index contributed by atoms with van der Waals surface area (Å²) >= 11 is 1.75. The second kappa shape index (κ2) is 9.71. The van der Waals surface area contributed by atoms with E-state index < -0.39 is 0 Å². The minimum Gasteiger partial charge on any atom is -0.455 e. The highest BCUT2D eigenvalue weighted by atomic mass is 32.1. The van der Waals surface area contributed by atoms with Gasteiger partial charge in [0.05, 0.1) is 15.9 Å². The third kappa shape index (κ3) is 3.63. The Labute approximate surface area is 279 Å². The van der Waals surface area contributed by atoms with Crippen LogP contribution in [0.5, 0.6) is 0 Å². The summed E-state index contributed by atoms with van der Waals surface area (Å²) in [7, 11) is 0. The normalized spacial score (nSPS) is 12.2. The van der Waals surface area contributed by atoms with Crippen molar-refractivity contribution in [3.05, 3.63) is 146 Å². The van der Waals surface area contributed by atoms with E-state index in [0.29, 0.717) is 5.82 Å². The zero-order valence-corrected chi connectivity index (χ0v) is 26.4. The van der Waals surface area contributed by atoms with Crippen LogP contribution in [-0.2, 0) is 0 Å². The van der Waals surface area contributed by atoms with Gasteiger partial charge in [-0.2, -0.15) is 0 Å². The highest BCUT2D eigenvalue weighted by Gasteiger charge is 2.25. The lowest BCUT2D eigenvalue weighted by Gasteiger charge is -2.08. The van der Waals surface area contributed by atoms with E-state index in [1.807, 2.05) is 6.07 Å². The molecule has 4 heteroatoms. The van der Waals surface area contributed by atoms with Gasteiger partial charge in [-0.3, -0.25) is 0 Å². The smallest absolute Gasteiger partial charge is 0.160 e. The third-order valence-electron chi connectivity index (χ3n) is 9.85. The van der Waals surface area contributed by atoms with E-state index in [-0.39, 0.29) is 0 Å². The highest BCUT2D eigenvalue weighted by molar-refractivity contribution is 7.26. The van der Waals surface area contributed by atoms with Gasteiger partial charge in [0.1, 0.15) is 11.2 Å². The first-order valence-electron chi connectivity index (χ1n) is 16.2. The van der Waals surface area contributed by atoms with E-state index in [1.165, 1.54) is 43.5 Å². The number of furan rings is 1. The molecular formula is C44H24N2OS. The molecule has 0 atom stereocenters. The molecule has 0 unspecified atom stereocenters. The zero-order chi connectivity index (χ0) is 31.3. The lowest BCUT2D eigenvalue weighted by molar-refractivity contribution is 0.673. The monoisotopic (exact) mass is 628 g/mol. The lowest BCUT2D eigenvalue weighted by Crippen LogP contribution is -1.93. The molecular weight excluding hydrogens is 605 g/mol. The lowest BCUT2D eigenvalue weighted by atomic mass is 9.99. The van der Waals surface area contributed by atoms with Crippen LogP contribution in [-0.4, -0.2) is 9.97 Å². The van der Waals surface area contributed by atoms with Gasteiger partial charge in [0.2, 0.25) is 0 Å². The quantitative estimate of drug-likeness (QED) is 0.195. The summed E-state index contributed by atoms with van der Waals surface area (Å²) in [5.41, 5.74) is 13.2. The minimum atomic E-state index is 0.693. The van der Waals surface area contributed by atoms with Crippen LogP contribution < -0.4 is 0 Å². The van der Waals surface area contributed by atoms with Crippen LogP contribution in [0.15, 0.2) is 150 Å². The van der Waals surface area contributed by atoms with Gasteiger partial charge in [0, 0.05) is 42.8 Å². The van der Waals surface area contributed by atoms with Gasteiger partial charge in [-0.05, 0) is 57.6 Å². The Kier molecular flexibility index (Phi) is 5.26. The van der Waals surface area contributed by atoms with Crippen molar-refractivity contribution in [2.45, 2.75) is 0 Å². The molecule has 3 aromatic heterocycles. The second-order valence-corrected chi connectivity index (χ2v) is 13.6. The van der Waals surface area contributed by atoms with Crippen molar-refractivity contribution in [3.63, 3.8) is 0 Å². The van der Waals surface area contributed by atoms with Crippen LogP contribution >= 0.6 is 11.3 Å². The first-order valence-corrected chi connectivity index (χ1v) is 17.0. The Morgan fingerprint density at radius 1 is 0.458 bits per heavy atom. The summed E-state index contributed by atoms with van der Waals surface area (Å²) in [6.45, 7) is 0.